The summed E-state index contributed by atoms with van der Waals surface area (Å²) >= 11 is 0. The highest BCUT2D eigenvalue weighted by molar-refractivity contribution is 5.79. The lowest BCUT2D eigenvalue weighted by atomic mass is 9.88. The van der Waals surface area contributed by atoms with E-state index in [1.54, 1.807) is 6.92 Å². The second kappa shape index (κ2) is 3.17. The highest BCUT2D eigenvalue weighted by Gasteiger charge is 2.34. The average Bonchev–Trinajstić information content (AvgIpc) is 2.30. The summed E-state index contributed by atoms with van der Waals surface area (Å²) in [4.78, 5) is 11.3. The van der Waals surface area contributed by atoms with Crippen LogP contribution in [0.5, 0.6) is 0 Å². The molecule has 2 bridgehead atoms. The van der Waals surface area contributed by atoms with E-state index in [0.29, 0.717) is 17.7 Å². The molecule has 0 saturated carbocycles. The molecular weight excluding hydrogens is 150 g/mol. The van der Waals surface area contributed by atoms with E-state index < -0.39 is 0 Å². The van der Waals surface area contributed by atoms with Crippen molar-refractivity contribution in [3.05, 3.63) is 0 Å². The van der Waals surface area contributed by atoms with Gasteiger partial charge in [-0.15, -0.1) is 0 Å². The van der Waals surface area contributed by atoms with Crippen LogP contribution < -0.4 is 5.32 Å². The summed E-state index contributed by atoms with van der Waals surface area (Å²) in [6, 6.07) is 1.23. The van der Waals surface area contributed by atoms with Gasteiger partial charge >= 0.3 is 0 Å². The van der Waals surface area contributed by atoms with Crippen molar-refractivity contribution >= 4 is 5.78 Å². The molecule has 68 valence electrons. The molecule has 2 heteroatoms. The molecule has 0 spiro atoms. The minimum atomic E-state index is 0.317. The van der Waals surface area contributed by atoms with Crippen LogP contribution in [0.25, 0.3) is 0 Å². The highest BCUT2D eigenvalue weighted by Crippen LogP contribution is 2.30. The molecule has 2 nitrogen and oxygen atoms in total. The molecule has 1 N–H and O–H groups in total. The molecule has 2 heterocycles. The van der Waals surface area contributed by atoms with Crippen molar-refractivity contribution in [3.8, 4) is 0 Å². The van der Waals surface area contributed by atoms with Gasteiger partial charge in [-0.05, 0) is 32.6 Å². The zero-order valence-corrected chi connectivity index (χ0v) is 7.68. The van der Waals surface area contributed by atoms with Gasteiger partial charge in [-0.2, -0.15) is 0 Å². The van der Waals surface area contributed by atoms with E-state index in [2.05, 4.69) is 5.32 Å². The molecular formula is C10H17NO. The van der Waals surface area contributed by atoms with Crippen molar-refractivity contribution in [3.63, 3.8) is 0 Å². The summed E-state index contributed by atoms with van der Waals surface area (Å²) < 4.78 is 0. The van der Waals surface area contributed by atoms with Crippen LogP contribution in [0.15, 0.2) is 0 Å². The molecule has 2 rings (SSSR count). The maximum Gasteiger partial charge on any atom is 0.134 e. The quantitative estimate of drug-likeness (QED) is 0.641. The topological polar surface area (TPSA) is 29.1 Å². The summed E-state index contributed by atoms with van der Waals surface area (Å²) in [6.45, 7) is 1.74. The van der Waals surface area contributed by atoms with E-state index in [0.717, 1.165) is 12.5 Å². The van der Waals surface area contributed by atoms with E-state index in [-0.39, 0.29) is 0 Å². The third-order valence-corrected chi connectivity index (χ3v) is 3.35. The predicted octanol–water partition coefficient (Wildman–Crippen LogP) is 1.50. The molecule has 12 heavy (non-hydrogen) atoms. The molecule has 2 fully saturated rings. The first kappa shape index (κ1) is 8.24. The monoisotopic (exact) mass is 167 g/mol. The molecule has 2 saturated heterocycles. The normalized spacial score (nSPS) is 40.9. The molecule has 2 aliphatic rings. The van der Waals surface area contributed by atoms with Crippen LogP contribution >= 0.6 is 0 Å². The van der Waals surface area contributed by atoms with Gasteiger partial charge in [-0.1, -0.05) is 6.42 Å². The van der Waals surface area contributed by atoms with Crippen molar-refractivity contribution in [2.45, 2.75) is 51.1 Å². The second-order valence-corrected chi connectivity index (χ2v) is 4.20. The number of hydrogen-bond donors (Lipinski definition) is 1. The Labute approximate surface area is 73.7 Å². The van der Waals surface area contributed by atoms with Crippen LogP contribution in [-0.2, 0) is 4.79 Å². The van der Waals surface area contributed by atoms with Crippen molar-refractivity contribution in [2.75, 3.05) is 0 Å². The van der Waals surface area contributed by atoms with Crippen molar-refractivity contribution in [1.29, 1.82) is 0 Å². The van der Waals surface area contributed by atoms with Gasteiger partial charge in [-0.25, -0.2) is 0 Å². The standard InChI is InChI=1S/C10H17NO/c1-7(12)9-4-2-3-8-5-6-10(9)11-8/h8-11H,2-6H2,1H3/t8-,9-,10-/m0/s1. The maximum atomic E-state index is 11.3. The van der Waals surface area contributed by atoms with Gasteiger partial charge < -0.3 is 5.32 Å². The van der Waals surface area contributed by atoms with E-state index in [1.165, 1.54) is 25.7 Å². The van der Waals surface area contributed by atoms with E-state index in [9.17, 15) is 4.79 Å². The number of fused-ring (bicyclic) bond motifs is 2. The molecule has 2 aliphatic heterocycles. The number of rotatable bonds is 1. The lowest BCUT2D eigenvalue weighted by Gasteiger charge is -2.18. The zero-order chi connectivity index (χ0) is 8.55. The number of carbonyl (C=O) groups excluding carboxylic acids is 1. The highest BCUT2D eigenvalue weighted by atomic mass is 16.1. The largest absolute Gasteiger partial charge is 0.311 e. The first-order chi connectivity index (χ1) is 5.77. The zero-order valence-electron chi connectivity index (χ0n) is 7.68. The Morgan fingerprint density at radius 3 is 2.83 bits per heavy atom. The summed E-state index contributed by atoms with van der Waals surface area (Å²) in [6.07, 6.45) is 6.13. The van der Waals surface area contributed by atoms with E-state index in [4.69, 9.17) is 0 Å². The molecule has 0 aromatic heterocycles. The van der Waals surface area contributed by atoms with Crippen LogP contribution in [-0.4, -0.2) is 17.9 Å². The fourth-order valence-corrected chi connectivity index (χ4v) is 2.67. The Morgan fingerprint density at radius 2 is 2.08 bits per heavy atom. The Morgan fingerprint density at radius 1 is 1.25 bits per heavy atom. The maximum absolute atomic E-state index is 11.3. The Hall–Kier alpha value is -0.370. The van der Waals surface area contributed by atoms with Crippen LogP contribution in [0.2, 0.25) is 0 Å². The minimum absolute atomic E-state index is 0.317. The third kappa shape index (κ3) is 1.40. The van der Waals surface area contributed by atoms with Gasteiger partial charge in [0, 0.05) is 18.0 Å². The molecule has 3 atom stereocenters. The van der Waals surface area contributed by atoms with Gasteiger partial charge in [0.15, 0.2) is 0 Å². The van der Waals surface area contributed by atoms with Gasteiger partial charge in [-0.3, -0.25) is 4.79 Å². The minimum Gasteiger partial charge on any atom is -0.311 e. The van der Waals surface area contributed by atoms with Gasteiger partial charge in [0.2, 0.25) is 0 Å². The van der Waals surface area contributed by atoms with Crippen molar-refractivity contribution in [2.24, 2.45) is 5.92 Å². The second-order valence-electron chi connectivity index (χ2n) is 4.20. The molecule has 0 amide bonds. The number of carbonyl (C=O) groups is 1. The van der Waals surface area contributed by atoms with Crippen LogP contribution in [0.1, 0.15) is 39.0 Å². The van der Waals surface area contributed by atoms with E-state index >= 15 is 0 Å². The molecule has 0 unspecified atom stereocenters. The number of ketones is 1. The third-order valence-electron chi connectivity index (χ3n) is 3.35. The summed E-state index contributed by atoms with van der Waals surface area (Å²) in [5.41, 5.74) is 0. The van der Waals surface area contributed by atoms with Crippen LogP contribution in [0.4, 0.5) is 0 Å². The SMILES string of the molecule is CC(=O)[C@@H]1CCC[C@H]2CC[C@@H]1N2. The Balaban J connectivity index is 2.08. The van der Waals surface area contributed by atoms with Crippen molar-refractivity contribution in [1.82, 2.24) is 5.32 Å². The lowest BCUT2D eigenvalue weighted by molar-refractivity contribution is -0.121. The number of hydrogen-bond acceptors (Lipinski definition) is 2. The van der Waals surface area contributed by atoms with Gasteiger partial charge in [0.25, 0.3) is 0 Å². The average molecular weight is 167 g/mol. The first-order valence-corrected chi connectivity index (χ1v) is 5.04. The Bertz CT molecular complexity index is 190. The summed E-state index contributed by atoms with van der Waals surface area (Å²) in [5.74, 6) is 0.701. The lowest BCUT2D eigenvalue weighted by Crippen LogP contribution is -2.35. The number of nitrogens with one attached hydrogen (secondary N) is 1. The van der Waals surface area contributed by atoms with Crippen LogP contribution in [0.3, 0.4) is 0 Å². The van der Waals surface area contributed by atoms with E-state index in [1.807, 2.05) is 0 Å². The van der Waals surface area contributed by atoms with Gasteiger partial charge in [0.05, 0.1) is 0 Å². The fraction of sp³-hybridized carbons (Fsp3) is 0.900. The molecule has 0 aromatic carbocycles. The van der Waals surface area contributed by atoms with Gasteiger partial charge in [0.1, 0.15) is 5.78 Å². The Kier molecular flexibility index (Phi) is 2.18. The number of Topliss-reactive ketones (excluding diaryl/α,β-unsaturated/α-hetero) is 1. The molecule has 0 aliphatic carbocycles. The first-order valence-electron chi connectivity index (χ1n) is 5.04. The summed E-state index contributed by atoms with van der Waals surface area (Å²) in [7, 11) is 0. The predicted molar refractivity (Wildman–Crippen MR) is 48.0 cm³/mol. The molecule has 0 radical (unpaired) electrons. The van der Waals surface area contributed by atoms with Crippen molar-refractivity contribution < 1.29 is 4.79 Å². The molecule has 0 aromatic rings. The summed E-state index contributed by atoms with van der Waals surface area (Å²) in [5, 5.41) is 3.56. The van der Waals surface area contributed by atoms with Crippen LogP contribution in [0, 0.1) is 5.92 Å². The smallest absolute Gasteiger partial charge is 0.134 e. The fourth-order valence-electron chi connectivity index (χ4n) is 2.67.